The topological polar surface area (TPSA) is 89.2 Å². The van der Waals surface area contributed by atoms with Gasteiger partial charge in [0.2, 0.25) is 0 Å². The van der Waals surface area contributed by atoms with Gasteiger partial charge in [0.25, 0.3) is 0 Å². The molecule has 6 heteroatoms. The van der Waals surface area contributed by atoms with E-state index in [2.05, 4.69) is 10.3 Å². The van der Waals surface area contributed by atoms with Gasteiger partial charge in [0.1, 0.15) is 11.9 Å². The van der Waals surface area contributed by atoms with Crippen molar-refractivity contribution < 1.29 is 10.0 Å². The van der Waals surface area contributed by atoms with E-state index in [0.29, 0.717) is 5.82 Å². The highest BCUT2D eigenvalue weighted by atomic mass is 16.4. The molecule has 0 aliphatic carbocycles. The van der Waals surface area contributed by atoms with Crippen molar-refractivity contribution in [2.45, 2.75) is 0 Å². The van der Waals surface area contributed by atoms with Crippen molar-refractivity contribution in [1.29, 1.82) is 5.26 Å². The monoisotopic (exact) mass is 177 g/mol. The number of nitriles is 1. The second-order valence-electron chi connectivity index (χ2n) is 2.40. The fraction of sp³-hybridized carbons (Fsp3) is 0.143. The van der Waals surface area contributed by atoms with Crippen LogP contribution in [0.5, 0.6) is 0 Å². The Kier molecular flexibility index (Phi) is 2.85. The van der Waals surface area contributed by atoms with Gasteiger partial charge >= 0.3 is 7.12 Å². The molecule has 1 aromatic heterocycles. The van der Waals surface area contributed by atoms with Crippen LogP contribution in [0.15, 0.2) is 12.3 Å². The Morgan fingerprint density at radius 2 is 2.31 bits per heavy atom. The van der Waals surface area contributed by atoms with Gasteiger partial charge in [-0.2, -0.15) is 5.26 Å². The Morgan fingerprint density at radius 1 is 1.62 bits per heavy atom. The maximum absolute atomic E-state index is 8.79. The molecule has 3 N–H and O–H groups in total. The van der Waals surface area contributed by atoms with E-state index in [1.807, 2.05) is 6.07 Å². The molecular weight excluding hydrogens is 169 g/mol. The Morgan fingerprint density at radius 3 is 2.77 bits per heavy atom. The predicted molar refractivity (Wildman–Crippen MR) is 48.3 cm³/mol. The quantitative estimate of drug-likeness (QED) is 0.487. The van der Waals surface area contributed by atoms with E-state index in [1.54, 1.807) is 7.05 Å². The van der Waals surface area contributed by atoms with E-state index in [0.717, 1.165) is 0 Å². The maximum Gasteiger partial charge on any atom is 0.490 e. The molecule has 0 aliphatic heterocycles. The molecule has 0 saturated heterocycles. The van der Waals surface area contributed by atoms with Gasteiger partial charge in [0.15, 0.2) is 0 Å². The summed E-state index contributed by atoms with van der Waals surface area (Å²) in [5, 5.41) is 29.0. The lowest BCUT2D eigenvalue weighted by atomic mass is 9.81. The average Bonchev–Trinajstić information content (AvgIpc) is 2.16. The van der Waals surface area contributed by atoms with E-state index in [1.165, 1.54) is 12.3 Å². The zero-order valence-electron chi connectivity index (χ0n) is 7.02. The normalized spacial score (nSPS) is 9.08. The molecule has 0 radical (unpaired) electrons. The highest BCUT2D eigenvalue weighted by Crippen LogP contribution is 2.06. The summed E-state index contributed by atoms with van der Waals surface area (Å²) in [6.45, 7) is 0. The molecule has 0 bridgehead atoms. The molecular formula is C7H8BN3O2. The molecule has 1 heterocycles. The molecule has 66 valence electrons. The number of anilines is 1. The summed E-state index contributed by atoms with van der Waals surface area (Å²) < 4.78 is 0. The number of rotatable bonds is 2. The molecule has 0 saturated carbocycles. The first-order valence-corrected chi connectivity index (χ1v) is 3.63. The van der Waals surface area contributed by atoms with Crippen LogP contribution in [-0.4, -0.2) is 29.2 Å². The van der Waals surface area contributed by atoms with Gasteiger partial charge in [0, 0.05) is 18.7 Å². The van der Waals surface area contributed by atoms with Gasteiger partial charge in [-0.05, 0) is 6.07 Å². The van der Waals surface area contributed by atoms with E-state index >= 15 is 0 Å². The zero-order chi connectivity index (χ0) is 9.84. The summed E-state index contributed by atoms with van der Waals surface area (Å²) in [6.07, 6.45) is 1.30. The van der Waals surface area contributed by atoms with Crippen LogP contribution in [-0.2, 0) is 0 Å². The maximum atomic E-state index is 8.79. The molecule has 0 amide bonds. The molecule has 0 aliphatic rings. The average molecular weight is 177 g/mol. The number of nitrogens with one attached hydrogen (secondary N) is 1. The van der Waals surface area contributed by atoms with Crippen molar-refractivity contribution in [1.82, 2.24) is 4.98 Å². The Balaban J connectivity index is 3.15. The van der Waals surface area contributed by atoms with E-state index in [-0.39, 0.29) is 11.0 Å². The Bertz CT molecular complexity index is 348. The van der Waals surface area contributed by atoms with Crippen molar-refractivity contribution in [3.8, 4) is 6.07 Å². The standard InChI is InChI=1S/C7H8BN3O2/c1-10-7-5(3-9)2-6(4-11-7)8(12)13/h2,4,12-13H,1H3,(H,10,11). The van der Waals surface area contributed by atoms with Gasteiger partial charge in [-0.25, -0.2) is 4.98 Å². The first-order valence-electron chi connectivity index (χ1n) is 3.63. The van der Waals surface area contributed by atoms with Crippen molar-refractivity contribution in [3.63, 3.8) is 0 Å². The van der Waals surface area contributed by atoms with Crippen LogP contribution in [0, 0.1) is 11.3 Å². The van der Waals surface area contributed by atoms with E-state index in [9.17, 15) is 0 Å². The molecule has 0 aromatic carbocycles. The van der Waals surface area contributed by atoms with Gasteiger partial charge in [-0.1, -0.05) is 0 Å². The highest BCUT2D eigenvalue weighted by Gasteiger charge is 2.13. The third-order valence-electron chi connectivity index (χ3n) is 1.56. The molecule has 5 nitrogen and oxygen atoms in total. The van der Waals surface area contributed by atoms with Crippen molar-refractivity contribution in [3.05, 3.63) is 17.8 Å². The van der Waals surface area contributed by atoms with Crippen molar-refractivity contribution in [2.75, 3.05) is 12.4 Å². The molecule has 13 heavy (non-hydrogen) atoms. The SMILES string of the molecule is CNc1ncc(B(O)O)cc1C#N. The zero-order valence-corrected chi connectivity index (χ0v) is 7.02. The van der Waals surface area contributed by atoms with Gasteiger partial charge < -0.3 is 15.4 Å². The smallest absolute Gasteiger partial charge is 0.423 e. The van der Waals surface area contributed by atoms with Crippen LogP contribution in [0.2, 0.25) is 0 Å². The lowest BCUT2D eigenvalue weighted by Crippen LogP contribution is -2.30. The van der Waals surface area contributed by atoms with Gasteiger partial charge in [0.05, 0.1) is 5.56 Å². The summed E-state index contributed by atoms with van der Waals surface area (Å²) in [5.74, 6) is 0.423. The number of hydrogen-bond donors (Lipinski definition) is 3. The van der Waals surface area contributed by atoms with Crippen molar-refractivity contribution in [2.24, 2.45) is 0 Å². The van der Waals surface area contributed by atoms with Crippen molar-refractivity contribution >= 4 is 18.4 Å². The lowest BCUT2D eigenvalue weighted by molar-refractivity contribution is 0.425. The number of aromatic nitrogens is 1. The fourth-order valence-corrected chi connectivity index (χ4v) is 0.907. The summed E-state index contributed by atoms with van der Waals surface area (Å²) in [4.78, 5) is 3.84. The van der Waals surface area contributed by atoms with E-state index in [4.69, 9.17) is 15.3 Å². The number of pyridine rings is 1. The first-order chi connectivity index (χ1) is 6.19. The molecule has 1 rings (SSSR count). The Labute approximate surface area is 75.8 Å². The third kappa shape index (κ3) is 1.96. The molecule has 0 atom stereocenters. The molecule has 0 spiro atoms. The predicted octanol–water partition coefficient (Wildman–Crippen LogP) is -1.33. The summed E-state index contributed by atoms with van der Waals surface area (Å²) in [6, 6.07) is 3.27. The minimum Gasteiger partial charge on any atom is -0.423 e. The van der Waals surface area contributed by atoms with Crippen LogP contribution in [0.1, 0.15) is 5.56 Å². The third-order valence-corrected chi connectivity index (χ3v) is 1.56. The summed E-state index contributed by atoms with van der Waals surface area (Å²) in [7, 11) is 0.0450. The van der Waals surface area contributed by atoms with Gasteiger partial charge in [-0.15, -0.1) is 0 Å². The second-order valence-corrected chi connectivity index (χ2v) is 2.40. The second kappa shape index (κ2) is 3.89. The van der Waals surface area contributed by atoms with Crippen LogP contribution < -0.4 is 10.8 Å². The minimum absolute atomic E-state index is 0.204. The number of nitrogens with zero attached hydrogens (tertiary/aromatic N) is 2. The Hall–Kier alpha value is -1.58. The molecule has 1 aromatic rings. The van der Waals surface area contributed by atoms with Gasteiger partial charge in [-0.3, -0.25) is 0 Å². The van der Waals surface area contributed by atoms with Crippen LogP contribution in [0.3, 0.4) is 0 Å². The van der Waals surface area contributed by atoms with E-state index < -0.39 is 7.12 Å². The summed E-state index contributed by atoms with van der Waals surface area (Å²) >= 11 is 0. The van der Waals surface area contributed by atoms with Crippen LogP contribution in [0.25, 0.3) is 0 Å². The first kappa shape index (κ1) is 9.51. The lowest BCUT2D eigenvalue weighted by Gasteiger charge is -2.03. The molecule has 0 fully saturated rings. The number of hydrogen-bond acceptors (Lipinski definition) is 5. The fourth-order valence-electron chi connectivity index (χ4n) is 0.907. The summed E-state index contributed by atoms with van der Waals surface area (Å²) in [5.41, 5.74) is 0.489. The largest absolute Gasteiger partial charge is 0.490 e. The molecule has 0 unspecified atom stereocenters. The van der Waals surface area contributed by atoms with Crippen LogP contribution in [0.4, 0.5) is 5.82 Å². The minimum atomic E-state index is -1.59. The highest BCUT2D eigenvalue weighted by molar-refractivity contribution is 6.58. The van der Waals surface area contributed by atoms with Crippen LogP contribution >= 0.6 is 0 Å².